The number of halogens is 3. The highest BCUT2D eigenvalue weighted by Crippen LogP contribution is 2.32. The van der Waals surface area contributed by atoms with E-state index >= 15 is 0 Å². The molecule has 27 heavy (non-hydrogen) atoms. The molecule has 2 rings (SSSR count). The van der Waals surface area contributed by atoms with Crippen LogP contribution in [0.25, 0.3) is 0 Å². The highest BCUT2D eigenvalue weighted by atomic mass is 19.4. The summed E-state index contributed by atoms with van der Waals surface area (Å²) in [6.07, 6.45) is -4.33. The number of carboxylic acids is 1. The van der Waals surface area contributed by atoms with E-state index in [4.69, 9.17) is 5.11 Å². The van der Waals surface area contributed by atoms with E-state index in [1.165, 1.54) is 18.2 Å². The molecule has 1 N–H and O–H groups in total. The maximum absolute atomic E-state index is 13.3. The third kappa shape index (κ3) is 5.32. The molecule has 0 aromatic heterocycles. The molecular formula is C20H20F3NO3. The zero-order valence-corrected chi connectivity index (χ0v) is 14.8. The van der Waals surface area contributed by atoms with Gasteiger partial charge in [0.2, 0.25) is 0 Å². The van der Waals surface area contributed by atoms with Gasteiger partial charge in [0.1, 0.15) is 0 Å². The van der Waals surface area contributed by atoms with Crippen LogP contribution in [-0.2, 0) is 23.9 Å². The molecule has 0 heterocycles. The minimum atomic E-state index is -4.56. The topological polar surface area (TPSA) is 57.6 Å². The number of benzene rings is 2. The van der Waals surface area contributed by atoms with Gasteiger partial charge in [-0.3, -0.25) is 9.59 Å². The lowest BCUT2D eigenvalue weighted by molar-refractivity contribution is -0.139. The van der Waals surface area contributed by atoms with E-state index in [9.17, 15) is 22.8 Å². The first kappa shape index (κ1) is 20.5. The van der Waals surface area contributed by atoms with E-state index in [-0.39, 0.29) is 25.1 Å². The average molecular weight is 379 g/mol. The molecule has 144 valence electrons. The molecule has 0 aliphatic carbocycles. The Balaban J connectivity index is 2.38. The monoisotopic (exact) mass is 379 g/mol. The first-order valence-electron chi connectivity index (χ1n) is 8.48. The summed E-state index contributed by atoms with van der Waals surface area (Å²) >= 11 is 0. The number of hydrogen-bond donors (Lipinski definition) is 1. The second-order valence-electron chi connectivity index (χ2n) is 6.04. The Morgan fingerprint density at radius 1 is 1.00 bits per heavy atom. The van der Waals surface area contributed by atoms with Crippen molar-refractivity contribution in [1.29, 1.82) is 0 Å². The minimum absolute atomic E-state index is 0.0716. The molecule has 0 saturated heterocycles. The zero-order valence-electron chi connectivity index (χ0n) is 14.8. The van der Waals surface area contributed by atoms with Crippen LogP contribution in [0.1, 0.15) is 40.4 Å². The number of hydrogen-bond acceptors (Lipinski definition) is 2. The van der Waals surface area contributed by atoms with E-state index in [0.29, 0.717) is 12.0 Å². The summed E-state index contributed by atoms with van der Waals surface area (Å²) in [7, 11) is 0. The Morgan fingerprint density at radius 3 is 2.19 bits per heavy atom. The van der Waals surface area contributed by atoms with Crippen LogP contribution in [0.2, 0.25) is 0 Å². The smallest absolute Gasteiger partial charge is 0.416 e. The van der Waals surface area contributed by atoms with Gasteiger partial charge in [0.25, 0.3) is 5.91 Å². The fourth-order valence-electron chi connectivity index (χ4n) is 2.83. The summed E-state index contributed by atoms with van der Waals surface area (Å²) in [6, 6.07) is 11.8. The summed E-state index contributed by atoms with van der Waals surface area (Å²) in [5.41, 5.74) is 0.224. The number of carbonyl (C=O) groups is 2. The lowest BCUT2D eigenvalue weighted by Crippen LogP contribution is -2.34. The predicted molar refractivity (Wildman–Crippen MR) is 94.3 cm³/mol. The van der Waals surface area contributed by atoms with E-state index in [1.807, 2.05) is 6.92 Å². The van der Waals surface area contributed by atoms with Crippen LogP contribution >= 0.6 is 0 Å². The van der Waals surface area contributed by atoms with E-state index in [0.717, 1.165) is 16.5 Å². The van der Waals surface area contributed by atoms with E-state index in [1.54, 1.807) is 24.3 Å². The van der Waals surface area contributed by atoms with Gasteiger partial charge in [0, 0.05) is 18.7 Å². The third-order valence-corrected chi connectivity index (χ3v) is 4.20. The highest BCUT2D eigenvalue weighted by molar-refractivity contribution is 5.95. The van der Waals surface area contributed by atoms with Crippen molar-refractivity contribution in [2.45, 2.75) is 32.5 Å². The first-order valence-corrected chi connectivity index (χ1v) is 8.48. The van der Waals surface area contributed by atoms with Crippen LogP contribution in [-0.4, -0.2) is 28.4 Å². The van der Waals surface area contributed by atoms with Gasteiger partial charge in [0.15, 0.2) is 0 Å². The predicted octanol–water partition coefficient (Wildman–Crippen LogP) is 4.38. The number of aliphatic carboxylic acids is 1. The van der Waals surface area contributed by atoms with Crippen molar-refractivity contribution in [1.82, 2.24) is 4.90 Å². The van der Waals surface area contributed by atoms with E-state index < -0.39 is 23.6 Å². The fourth-order valence-corrected chi connectivity index (χ4v) is 2.83. The lowest BCUT2D eigenvalue weighted by Gasteiger charge is -2.25. The molecule has 0 bridgehead atoms. The Kier molecular flexibility index (Phi) is 6.60. The number of carbonyl (C=O) groups excluding carboxylic acids is 1. The summed E-state index contributed by atoms with van der Waals surface area (Å²) in [5, 5.41) is 8.95. The molecule has 0 atom stereocenters. The van der Waals surface area contributed by atoms with Crippen molar-refractivity contribution in [3.05, 3.63) is 70.8 Å². The molecule has 0 radical (unpaired) electrons. The number of alkyl halides is 3. The SMILES string of the molecule is CCc1ccccc1C(=O)N(CCC(=O)O)Cc1ccccc1C(F)(F)F. The van der Waals surface area contributed by atoms with Crippen LogP contribution in [0.5, 0.6) is 0 Å². The second kappa shape index (κ2) is 8.70. The molecule has 0 saturated carbocycles. The molecule has 4 nitrogen and oxygen atoms in total. The summed E-state index contributed by atoms with van der Waals surface area (Å²) in [4.78, 5) is 25.1. The van der Waals surface area contributed by atoms with Gasteiger partial charge in [-0.2, -0.15) is 13.2 Å². The van der Waals surface area contributed by atoms with Crippen molar-refractivity contribution in [2.75, 3.05) is 6.54 Å². The van der Waals surface area contributed by atoms with E-state index in [2.05, 4.69) is 0 Å². The highest BCUT2D eigenvalue weighted by Gasteiger charge is 2.33. The van der Waals surface area contributed by atoms with Gasteiger partial charge in [-0.15, -0.1) is 0 Å². The number of rotatable bonds is 7. The third-order valence-electron chi connectivity index (χ3n) is 4.20. The Hall–Kier alpha value is -2.83. The Morgan fingerprint density at radius 2 is 1.59 bits per heavy atom. The van der Waals surface area contributed by atoms with Crippen LogP contribution in [0, 0.1) is 0 Å². The maximum Gasteiger partial charge on any atom is 0.416 e. The van der Waals surface area contributed by atoms with Crippen LogP contribution < -0.4 is 0 Å². The quantitative estimate of drug-likeness (QED) is 0.777. The van der Waals surface area contributed by atoms with Gasteiger partial charge < -0.3 is 10.0 Å². The first-order chi connectivity index (χ1) is 12.7. The summed E-state index contributed by atoms with van der Waals surface area (Å²) < 4.78 is 39.8. The fraction of sp³-hybridized carbons (Fsp3) is 0.300. The lowest BCUT2D eigenvalue weighted by atomic mass is 10.0. The second-order valence-corrected chi connectivity index (χ2v) is 6.04. The maximum atomic E-state index is 13.3. The molecule has 2 aromatic carbocycles. The molecule has 7 heteroatoms. The normalized spacial score (nSPS) is 11.3. The summed E-state index contributed by atoms with van der Waals surface area (Å²) in [6.45, 7) is 1.37. The molecule has 2 aromatic rings. The summed E-state index contributed by atoms with van der Waals surface area (Å²) in [5.74, 6) is -1.61. The van der Waals surface area contributed by atoms with Gasteiger partial charge in [0.05, 0.1) is 12.0 Å². The molecule has 0 spiro atoms. The Labute approximate surface area is 155 Å². The number of nitrogens with zero attached hydrogens (tertiary/aromatic N) is 1. The molecule has 0 unspecified atom stereocenters. The average Bonchev–Trinajstić information content (AvgIpc) is 2.63. The van der Waals surface area contributed by atoms with Crippen molar-refractivity contribution in [3.63, 3.8) is 0 Å². The van der Waals surface area contributed by atoms with Crippen molar-refractivity contribution < 1.29 is 27.9 Å². The van der Waals surface area contributed by atoms with Crippen molar-refractivity contribution >= 4 is 11.9 Å². The van der Waals surface area contributed by atoms with Crippen molar-refractivity contribution in [2.24, 2.45) is 0 Å². The standard InChI is InChI=1S/C20H20F3NO3/c1-2-14-7-3-5-9-16(14)19(27)24(12-11-18(25)26)13-15-8-4-6-10-17(15)20(21,22)23/h3-10H,2,11-13H2,1H3,(H,25,26). The van der Waals surface area contributed by atoms with Crippen LogP contribution in [0.3, 0.4) is 0 Å². The minimum Gasteiger partial charge on any atom is -0.481 e. The molecule has 0 aliphatic rings. The zero-order chi connectivity index (χ0) is 20.0. The molecule has 0 fully saturated rings. The number of aryl methyl sites for hydroxylation is 1. The van der Waals surface area contributed by atoms with Gasteiger partial charge in [-0.1, -0.05) is 43.3 Å². The molecular weight excluding hydrogens is 359 g/mol. The van der Waals surface area contributed by atoms with Gasteiger partial charge >= 0.3 is 12.1 Å². The van der Waals surface area contributed by atoms with Crippen molar-refractivity contribution in [3.8, 4) is 0 Å². The largest absolute Gasteiger partial charge is 0.481 e. The molecule has 0 aliphatic heterocycles. The van der Waals surface area contributed by atoms with Gasteiger partial charge in [-0.25, -0.2) is 0 Å². The Bertz CT molecular complexity index is 818. The van der Waals surface area contributed by atoms with Crippen LogP contribution in [0.15, 0.2) is 48.5 Å². The number of carboxylic acid groups (broad SMARTS) is 1. The number of amides is 1. The van der Waals surface area contributed by atoms with Crippen LogP contribution in [0.4, 0.5) is 13.2 Å². The molecule has 1 amide bonds. The van der Waals surface area contributed by atoms with Gasteiger partial charge in [-0.05, 0) is 29.7 Å².